The smallest absolute Gasteiger partial charge is 0.260 e. The number of aliphatic imine (C=N–C) groups is 1. The lowest BCUT2D eigenvalue weighted by Gasteiger charge is -2.20. The van der Waals surface area contributed by atoms with Gasteiger partial charge in [0.15, 0.2) is 12.0 Å². The molecule has 0 bridgehead atoms. The summed E-state index contributed by atoms with van der Waals surface area (Å²) in [5, 5.41) is 6.81. The van der Waals surface area contributed by atoms with Crippen molar-refractivity contribution in [2.24, 2.45) is 4.99 Å². The number of ether oxygens (including phenoxy) is 4. The highest BCUT2D eigenvalue weighted by molar-refractivity contribution is 8.05. The summed E-state index contributed by atoms with van der Waals surface area (Å²) in [5.41, 5.74) is 2.16. The van der Waals surface area contributed by atoms with Crippen LogP contribution in [0.1, 0.15) is 35.7 Å². The van der Waals surface area contributed by atoms with Crippen molar-refractivity contribution in [3.8, 4) is 0 Å². The quantitative estimate of drug-likeness (QED) is 0.286. The number of H-pyrrole nitrogens is 1. The van der Waals surface area contributed by atoms with Crippen LogP contribution in [0.5, 0.6) is 0 Å². The van der Waals surface area contributed by atoms with Crippen molar-refractivity contribution in [2.75, 3.05) is 19.5 Å². The number of aromatic amines is 1. The molecule has 4 rings (SSSR count). The van der Waals surface area contributed by atoms with Crippen molar-refractivity contribution in [1.29, 1.82) is 5.41 Å². The molecule has 1 aliphatic heterocycles. The first-order valence-electron chi connectivity index (χ1n) is 12.4. The number of halogens is 1. The third kappa shape index (κ3) is 7.57. The van der Waals surface area contributed by atoms with Gasteiger partial charge in [0.25, 0.3) is 5.90 Å². The Morgan fingerprint density at radius 3 is 2.36 bits per heavy atom. The highest BCUT2D eigenvalue weighted by Gasteiger charge is 2.47. The molecule has 2 aromatic carbocycles. The summed E-state index contributed by atoms with van der Waals surface area (Å²) in [6.45, 7) is 2.45. The van der Waals surface area contributed by atoms with Crippen LogP contribution < -0.4 is 0 Å². The van der Waals surface area contributed by atoms with Crippen LogP contribution in [0.15, 0.2) is 71.9 Å². The molecule has 0 spiro atoms. The van der Waals surface area contributed by atoms with Crippen LogP contribution in [-0.4, -0.2) is 67.3 Å². The predicted octanol–water partition coefficient (Wildman–Crippen LogP) is 3.75. The summed E-state index contributed by atoms with van der Waals surface area (Å²) in [6, 6.07) is 19.1. The number of alkyl halides is 1. The average molecular weight is 559 g/mol. The maximum Gasteiger partial charge on any atom is 0.260 e. The summed E-state index contributed by atoms with van der Waals surface area (Å²) in [6.07, 6.45) is -2.01. The fourth-order valence-corrected chi connectivity index (χ4v) is 4.23. The lowest BCUT2D eigenvalue weighted by atomic mass is 10.1. The van der Waals surface area contributed by atoms with E-state index in [4.69, 9.17) is 24.4 Å². The molecular formula is C27H31FN4O6S. The molecule has 1 saturated heterocycles. The average Bonchev–Trinajstić information content (AvgIpc) is 3.52. The van der Waals surface area contributed by atoms with E-state index in [1.807, 2.05) is 60.7 Å². The van der Waals surface area contributed by atoms with Crippen molar-refractivity contribution in [3.05, 3.63) is 89.5 Å². The van der Waals surface area contributed by atoms with E-state index >= 15 is 4.39 Å². The van der Waals surface area contributed by atoms with E-state index < -0.39 is 39.5 Å². The highest BCUT2D eigenvalue weighted by Crippen LogP contribution is 2.37. The van der Waals surface area contributed by atoms with Gasteiger partial charge in [-0.05, 0) is 18.1 Å². The van der Waals surface area contributed by atoms with E-state index in [9.17, 15) is 8.42 Å². The van der Waals surface area contributed by atoms with E-state index in [0.29, 0.717) is 6.61 Å². The van der Waals surface area contributed by atoms with Gasteiger partial charge in [-0.2, -0.15) is 4.99 Å². The number of rotatable bonds is 10. The number of amidine groups is 1. The van der Waals surface area contributed by atoms with Gasteiger partial charge >= 0.3 is 0 Å². The molecule has 0 amide bonds. The first-order valence-corrected chi connectivity index (χ1v) is 14.3. The van der Waals surface area contributed by atoms with Crippen molar-refractivity contribution in [2.45, 2.75) is 44.6 Å². The van der Waals surface area contributed by atoms with E-state index in [0.717, 1.165) is 17.4 Å². The first kappa shape index (κ1) is 28.6. The minimum atomic E-state index is -3.86. The van der Waals surface area contributed by atoms with Gasteiger partial charge in [0.05, 0.1) is 38.3 Å². The predicted molar refractivity (Wildman–Crippen MR) is 143 cm³/mol. The van der Waals surface area contributed by atoms with Crippen LogP contribution in [0.3, 0.4) is 0 Å². The van der Waals surface area contributed by atoms with Crippen molar-refractivity contribution in [1.82, 2.24) is 9.97 Å². The van der Waals surface area contributed by atoms with Gasteiger partial charge < -0.3 is 23.9 Å². The van der Waals surface area contributed by atoms with Gasteiger partial charge in [-0.25, -0.2) is 17.8 Å². The molecular weight excluding hydrogens is 527 g/mol. The van der Waals surface area contributed by atoms with Gasteiger partial charge in [0, 0.05) is 6.26 Å². The lowest BCUT2D eigenvalue weighted by Crippen LogP contribution is -2.34. The van der Waals surface area contributed by atoms with Crippen LogP contribution in [0, 0.1) is 5.41 Å². The molecule has 1 aliphatic rings. The number of nitrogens with zero attached hydrogens (tertiary/aromatic N) is 2. The molecule has 10 nitrogen and oxygen atoms in total. The van der Waals surface area contributed by atoms with Crippen LogP contribution in [0.2, 0.25) is 0 Å². The lowest BCUT2D eigenvalue weighted by molar-refractivity contribution is -0.0740. The molecule has 0 radical (unpaired) electrons. The van der Waals surface area contributed by atoms with Crippen LogP contribution >= 0.6 is 0 Å². The summed E-state index contributed by atoms with van der Waals surface area (Å²) in [5.74, 6) is -0.159. The molecule has 1 aromatic heterocycles. The molecule has 208 valence electrons. The molecule has 4 atom stereocenters. The fraction of sp³-hybridized carbons (Fsp3) is 0.370. The maximum absolute atomic E-state index is 15.8. The van der Waals surface area contributed by atoms with Crippen LogP contribution in [0.25, 0.3) is 0 Å². The van der Waals surface area contributed by atoms with Gasteiger partial charge in [-0.15, -0.1) is 0 Å². The first-order chi connectivity index (χ1) is 18.8. The second-order valence-electron chi connectivity index (χ2n) is 8.92. The van der Waals surface area contributed by atoms with E-state index in [-0.39, 0.29) is 37.2 Å². The largest absolute Gasteiger partial charge is 0.475 e. The third-order valence-corrected chi connectivity index (χ3v) is 6.70. The van der Waals surface area contributed by atoms with Crippen molar-refractivity contribution in [3.63, 3.8) is 0 Å². The molecule has 3 aromatic rings. The fourth-order valence-electron chi connectivity index (χ4n) is 3.98. The Kier molecular flexibility index (Phi) is 9.57. The van der Waals surface area contributed by atoms with E-state index in [2.05, 4.69) is 15.0 Å². The third-order valence-electron chi connectivity index (χ3n) is 5.91. The summed E-state index contributed by atoms with van der Waals surface area (Å²) in [7, 11) is -3.86. The number of imidazole rings is 1. The molecule has 2 heterocycles. The SMILES string of the molecule is CCOC(=NC(=N)S(C)(=O)=O)c1ncc([C@@H]2O[C@H](COCc3ccccc3)[C@@H](OCc3ccccc3)[C@H]2F)[nH]1. The summed E-state index contributed by atoms with van der Waals surface area (Å²) in [4.78, 5) is 10.8. The van der Waals surface area contributed by atoms with Gasteiger partial charge in [0.1, 0.15) is 18.3 Å². The van der Waals surface area contributed by atoms with Gasteiger partial charge in [-0.1, -0.05) is 60.7 Å². The second kappa shape index (κ2) is 13.1. The van der Waals surface area contributed by atoms with E-state index in [1.54, 1.807) is 6.92 Å². The van der Waals surface area contributed by atoms with Crippen molar-refractivity contribution >= 4 is 20.9 Å². The number of hydrogen-bond donors (Lipinski definition) is 2. The number of sulfone groups is 1. The molecule has 0 unspecified atom stereocenters. The standard InChI is InChI=1S/C27H31FN4O6S/c1-3-36-26(32-27(29)39(2,33)34)25-30-14-20(31-25)23-22(28)24(37-16-19-12-8-5-9-13-19)21(38-23)17-35-15-18-10-6-4-7-11-18/h4-14,21-24,29H,3,15-17H2,1-2H3,(H,30,31)/t21-,22+,23+,24-/m1/s1. The topological polar surface area (TPSA) is 136 Å². The number of nitrogens with one attached hydrogen (secondary N) is 2. The maximum atomic E-state index is 15.8. The summed E-state index contributed by atoms with van der Waals surface area (Å²) < 4.78 is 62.5. The van der Waals surface area contributed by atoms with Crippen LogP contribution in [-0.2, 0) is 42.0 Å². The minimum absolute atomic E-state index is 0.0431. The molecule has 2 N–H and O–H groups in total. The van der Waals surface area contributed by atoms with Gasteiger partial charge in [-0.3, -0.25) is 5.41 Å². The Bertz CT molecular complexity index is 1370. The minimum Gasteiger partial charge on any atom is -0.475 e. The van der Waals surface area contributed by atoms with E-state index in [1.165, 1.54) is 6.20 Å². The van der Waals surface area contributed by atoms with Gasteiger partial charge in [0.2, 0.25) is 15.0 Å². The molecule has 12 heteroatoms. The monoisotopic (exact) mass is 558 g/mol. The Morgan fingerprint density at radius 2 is 1.74 bits per heavy atom. The highest BCUT2D eigenvalue weighted by atomic mass is 32.2. The number of benzene rings is 2. The Hall–Kier alpha value is -3.45. The van der Waals surface area contributed by atoms with Crippen molar-refractivity contribution < 1.29 is 31.8 Å². The zero-order chi connectivity index (χ0) is 27.8. The summed E-state index contributed by atoms with van der Waals surface area (Å²) >= 11 is 0. The molecule has 0 saturated carbocycles. The Morgan fingerprint density at radius 1 is 1.10 bits per heavy atom. The Balaban J connectivity index is 1.51. The normalized spacial score (nSPS) is 21.7. The molecule has 0 aliphatic carbocycles. The van der Waals surface area contributed by atoms with Crippen LogP contribution in [0.4, 0.5) is 4.39 Å². The zero-order valence-electron chi connectivity index (χ0n) is 21.6. The molecule has 1 fully saturated rings. The number of hydrogen-bond acceptors (Lipinski definition) is 8. The number of aromatic nitrogens is 2. The molecule has 39 heavy (non-hydrogen) atoms. The zero-order valence-corrected chi connectivity index (χ0v) is 22.4. The Labute approximate surface area is 226 Å². The second-order valence-corrected chi connectivity index (χ2v) is 10.8.